The van der Waals surface area contributed by atoms with E-state index in [1.54, 1.807) is 0 Å². The normalized spacial score (nSPS) is 11.6. The third-order valence-electron chi connectivity index (χ3n) is 3.13. The van der Waals surface area contributed by atoms with Crippen LogP contribution in [0.1, 0.15) is 51.7 Å². The van der Waals surface area contributed by atoms with E-state index in [4.69, 9.17) is 4.74 Å². The average Bonchev–Trinajstić information content (AvgIpc) is 2.34. The van der Waals surface area contributed by atoms with Crippen LogP contribution in [0.15, 0.2) is 18.2 Å². The van der Waals surface area contributed by atoms with Gasteiger partial charge in [0.25, 0.3) is 0 Å². The molecule has 0 unspecified atom stereocenters. The van der Waals surface area contributed by atoms with Gasteiger partial charge in [-0.05, 0) is 49.9 Å². The maximum Gasteiger partial charge on any atom is 0.123 e. The topological polar surface area (TPSA) is 21.3 Å². The molecule has 2 heteroatoms. The van der Waals surface area contributed by atoms with Crippen molar-refractivity contribution in [2.75, 3.05) is 19.7 Å². The second-order valence-corrected chi connectivity index (χ2v) is 6.20. The molecule has 0 fully saturated rings. The van der Waals surface area contributed by atoms with Crippen LogP contribution >= 0.6 is 0 Å². The van der Waals surface area contributed by atoms with Crippen molar-refractivity contribution in [1.29, 1.82) is 0 Å². The van der Waals surface area contributed by atoms with Gasteiger partial charge in [-0.2, -0.15) is 0 Å². The molecule has 1 aromatic rings. The van der Waals surface area contributed by atoms with Crippen LogP contribution in [0.25, 0.3) is 0 Å². The van der Waals surface area contributed by atoms with E-state index < -0.39 is 0 Å². The Labute approximate surface area is 118 Å². The first kappa shape index (κ1) is 16.0. The van der Waals surface area contributed by atoms with Gasteiger partial charge < -0.3 is 10.1 Å². The number of hydrogen-bond acceptors (Lipinski definition) is 2. The lowest BCUT2D eigenvalue weighted by atomic mass is 9.85. The molecule has 0 saturated carbocycles. The summed E-state index contributed by atoms with van der Waals surface area (Å²) in [7, 11) is 0. The minimum atomic E-state index is 0.127. The molecular weight excluding hydrogens is 234 g/mol. The van der Waals surface area contributed by atoms with Gasteiger partial charge in [0, 0.05) is 0 Å². The van der Waals surface area contributed by atoms with Crippen molar-refractivity contribution >= 4 is 0 Å². The molecule has 0 bridgehead atoms. The zero-order chi connectivity index (χ0) is 14.3. The molecule has 1 aromatic carbocycles. The highest BCUT2D eigenvalue weighted by Gasteiger charge is 2.18. The van der Waals surface area contributed by atoms with E-state index in [2.05, 4.69) is 58.1 Å². The van der Waals surface area contributed by atoms with Crippen molar-refractivity contribution in [2.45, 2.75) is 52.9 Å². The predicted octanol–water partition coefficient (Wildman–Crippen LogP) is 4.06. The van der Waals surface area contributed by atoms with Gasteiger partial charge in [-0.25, -0.2) is 0 Å². The number of aryl methyl sites for hydroxylation is 1. The molecule has 0 amide bonds. The molecule has 0 aliphatic heterocycles. The number of rotatable bonds is 7. The smallest absolute Gasteiger partial charge is 0.123 e. The highest BCUT2D eigenvalue weighted by atomic mass is 16.5. The summed E-state index contributed by atoms with van der Waals surface area (Å²) in [5.41, 5.74) is 2.72. The Balaban J connectivity index is 2.54. The molecule has 0 aliphatic carbocycles. The predicted molar refractivity (Wildman–Crippen MR) is 83.2 cm³/mol. The molecule has 0 aliphatic rings. The molecule has 0 spiro atoms. The maximum atomic E-state index is 5.96. The average molecular weight is 263 g/mol. The Morgan fingerprint density at radius 2 is 1.89 bits per heavy atom. The Morgan fingerprint density at radius 3 is 2.53 bits per heavy atom. The summed E-state index contributed by atoms with van der Waals surface area (Å²) in [6.07, 6.45) is 2.24. The lowest BCUT2D eigenvalue weighted by Gasteiger charge is -2.23. The molecular formula is C17H29NO. The quantitative estimate of drug-likeness (QED) is 0.749. The van der Waals surface area contributed by atoms with Crippen LogP contribution in [0.5, 0.6) is 5.75 Å². The van der Waals surface area contributed by atoms with E-state index in [1.807, 2.05) is 0 Å². The monoisotopic (exact) mass is 263 g/mol. The summed E-state index contributed by atoms with van der Waals surface area (Å²) >= 11 is 0. The summed E-state index contributed by atoms with van der Waals surface area (Å²) in [6.45, 7) is 13.9. The van der Waals surface area contributed by atoms with Crippen molar-refractivity contribution < 1.29 is 4.74 Å². The molecule has 0 saturated heterocycles. The molecule has 0 radical (unpaired) electrons. The van der Waals surface area contributed by atoms with E-state index >= 15 is 0 Å². The lowest BCUT2D eigenvalue weighted by molar-refractivity contribution is 0.300. The zero-order valence-electron chi connectivity index (χ0n) is 13.2. The van der Waals surface area contributed by atoms with Crippen LogP contribution in [0.3, 0.4) is 0 Å². The lowest BCUT2D eigenvalue weighted by Crippen LogP contribution is -2.19. The van der Waals surface area contributed by atoms with Gasteiger partial charge in [0.15, 0.2) is 0 Å². The summed E-state index contributed by atoms with van der Waals surface area (Å²) in [6, 6.07) is 6.47. The van der Waals surface area contributed by atoms with E-state index in [0.717, 1.165) is 31.9 Å². The molecule has 0 aromatic heterocycles. The fraction of sp³-hybridized carbons (Fsp3) is 0.647. The Hall–Kier alpha value is -1.02. The fourth-order valence-corrected chi connectivity index (χ4v) is 2.04. The number of benzene rings is 1. The van der Waals surface area contributed by atoms with Gasteiger partial charge in [-0.1, -0.05) is 45.4 Å². The number of ether oxygens (including phenoxy) is 1. The molecule has 1 rings (SSSR count). The van der Waals surface area contributed by atoms with Crippen LogP contribution in [-0.2, 0) is 5.41 Å². The molecule has 19 heavy (non-hydrogen) atoms. The Morgan fingerprint density at radius 1 is 1.16 bits per heavy atom. The first-order chi connectivity index (χ1) is 8.95. The van der Waals surface area contributed by atoms with Crippen molar-refractivity contribution in [3.8, 4) is 5.75 Å². The highest BCUT2D eigenvalue weighted by Crippen LogP contribution is 2.32. The fourth-order valence-electron chi connectivity index (χ4n) is 2.04. The zero-order valence-corrected chi connectivity index (χ0v) is 13.2. The van der Waals surface area contributed by atoms with Crippen LogP contribution in [0.2, 0.25) is 0 Å². The molecule has 108 valence electrons. The molecule has 1 N–H and O–H groups in total. The Bertz CT molecular complexity index is 379. The summed E-state index contributed by atoms with van der Waals surface area (Å²) in [4.78, 5) is 0. The van der Waals surface area contributed by atoms with Gasteiger partial charge in [-0.15, -0.1) is 0 Å². The molecule has 0 heterocycles. The highest BCUT2D eigenvalue weighted by molar-refractivity contribution is 5.41. The standard InChI is InChI=1S/C17H29NO/c1-6-10-18-11-7-12-19-16-9-8-14(2)13-15(16)17(3,4)5/h8-9,13,18H,6-7,10-12H2,1-5H3. The van der Waals surface area contributed by atoms with Crippen LogP contribution in [-0.4, -0.2) is 19.7 Å². The largest absolute Gasteiger partial charge is 0.493 e. The van der Waals surface area contributed by atoms with Gasteiger partial charge >= 0.3 is 0 Å². The Kier molecular flexibility index (Phi) is 6.36. The second kappa shape index (κ2) is 7.54. The SMILES string of the molecule is CCCNCCCOc1ccc(C)cc1C(C)(C)C. The van der Waals surface area contributed by atoms with Gasteiger partial charge in [-0.3, -0.25) is 0 Å². The molecule has 2 nitrogen and oxygen atoms in total. The van der Waals surface area contributed by atoms with E-state index in [1.165, 1.54) is 17.5 Å². The van der Waals surface area contributed by atoms with E-state index in [0.29, 0.717) is 0 Å². The van der Waals surface area contributed by atoms with Crippen molar-refractivity contribution in [1.82, 2.24) is 5.32 Å². The first-order valence-corrected chi connectivity index (χ1v) is 7.40. The minimum Gasteiger partial charge on any atom is -0.493 e. The summed E-state index contributed by atoms with van der Waals surface area (Å²) < 4.78 is 5.96. The number of nitrogens with one attached hydrogen (secondary N) is 1. The third kappa shape index (κ3) is 5.65. The summed E-state index contributed by atoms with van der Waals surface area (Å²) in [5.74, 6) is 1.04. The molecule has 0 atom stereocenters. The summed E-state index contributed by atoms with van der Waals surface area (Å²) in [5, 5.41) is 3.40. The van der Waals surface area contributed by atoms with Crippen LogP contribution in [0.4, 0.5) is 0 Å². The minimum absolute atomic E-state index is 0.127. The van der Waals surface area contributed by atoms with Gasteiger partial charge in [0.2, 0.25) is 0 Å². The van der Waals surface area contributed by atoms with E-state index in [-0.39, 0.29) is 5.41 Å². The van der Waals surface area contributed by atoms with Gasteiger partial charge in [0.05, 0.1) is 6.61 Å². The van der Waals surface area contributed by atoms with Crippen molar-refractivity contribution in [3.05, 3.63) is 29.3 Å². The number of hydrogen-bond donors (Lipinski definition) is 1. The first-order valence-electron chi connectivity index (χ1n) is 7.40. The maximum absolute atomic E-state index is 5.96. The van der Waals surface area contributed by atoms with Crippen molar-refractivity contribution in [2.24, 2.45) is 0 Å². The second-order valence-electron chi connectivity index (χ2n) is 6.20. The van der Waals surface area contributed by atoms with Gasteiger partial charge in [0.1, 0.15) is 5.75 Å². The van der Waals surface area contributed by atoms with Crippen LogP contribution < -0.4 is 10.1 Å². The van der Waals surface area contributed by atoms with E-state index in [9.17, 15) is 0 Å². The van der Waals surface area contributed by atoms with Crippen LogP contribution in [0, 0.1) is 6.92 Å². The van der Waals surface area contributed by atoms with Crippen molar-refractivity contribution in [3.63, 3.8) is 0 Å². The third-order valence-corrected chi connectivity index (χ3v) is 3.13.